The van der Waals surface area contributed by atoms with E-state index in [-0.39, 0.29) is 10.6 Å². The largest absolute Gasteiger partial charge is 0.495 e. The minimum Gasteiger partial charge on any atom is -0.495 e. The summed E-state index contributed by atoms with van der Waals surface area (Å²) in [5.41, 5.74) is 5.65. The van der Waals surface area contributed by atoms with E-state index >= 15 is 0 Å². The first-order valence-corrected chi connectivity index (χ1v) is 11.0. The Hall–Kier alpha value is -2.49. The molecule has 0 radical (unpaired) electrons. The number of carbonyl (C=O) groups is 1. The third kappa shape index (κ3) is 5.28. The van der Waals surface area contributed by atoms with E-state index in [1.54, 1.807) is 12.1 Å². The average Bonchev–Trinajstić information content (AvgIpc) is 3.19. The topological polar surface area (TPSA) is 55.6 Å². The molecule has 1 heterocycles. The standard InChI is InChI=1S/C16H11ClF3NO2S.C6H7NS/c1-23-14-10(16(18,19)20)6-9(7-11(14)17)15(22)21-8-24-13-5-3-2-4-12(13)21;7-5-3-1-2-4-6(5)8/h2-7H,8H2,1H3;1-4,8H,7H2. The minimum absolute atomic E-state index is 0.134. The molecule has 0 unspecified atom stereocenters. The number of nitrogen functional groups attached to an aromatic ring is 1. The number of nitrogens with zero attached hydrogens (tertiary/aromatic N) is 1. The summed E-state index contributed by atoms with van der Waals surface area (Å²) in [5.74, 6) is -0.692. The van der Waals surface area contributed by atoms with Gasteiger partial charge in [-0.05, 0) is 36.4 Å². The summed E-state index contributed by atoms with van der Waals surface area (Å²) in [6.45, 7) is 0. The molecule has 1 aliphatic heterocycles. The van der Waals surface area contributed by atoms with E-state index in [4.69, 9.17) is 22.1 Å². The number of methoxy groups -OCH3 is 1. The van der Waals surface area contributed by atoms with Crippen LogP contribution in [-0.4, -0.2) is 18.9 Å². The highest BCUT2D eigenvalue weighted by Gasteiger charge is 2.37. The molecule has 4 nitrogen and oxygen atoms in total. The number of fused-ring (bicyclic) bond motifs is 1. The second-order valence-corrected chi connectivity index (χ2v) is 8.45. The van der Waals surface area contributed by atoms with Gasteiger partial charge in [0.1, 0.15) is 5.75 Å². The fourth-order valence-corrected chi connectivity index (χ4v) is 4.43. The van der Waals surface area contributed by atoms with Crippen molar-refractivity contribution in [2.45, 2.75) is 16.0 Å². The maximum absolute atomic E-state index is 13.2. The Morgan fingerprint density at radius 2 is 1.81 bits per heavy atom. The molecule has 3 aromatic rings. The van der Waals surface area contributed by atoms with Gasteiger partial charge in [0.25, 0.3) is 5.91 Å². The molecular formula is C22H18ClF3N2O2S2. The first-order chi connectivity index (χ1) is 15.1. The highest BCUT2D eigenvalue weighted by molar-refractivity contribution is 8.00. The maximum Gasteiger partial charge on any atom is 0.420 e. The number of nitrogens with two attached hydrogens (primary N) is 1. The molecule has 10 heteroatoms. The van der Waals surface area contributed by atoms with Crippen molar-refractivity contribution in [2.24, 2.45) is 0 Å². The van der Waals surface area contributed by atoms with E-state index in [9.17, 15) is 18.0 Å². The lowest BCUT2D eigenvalue weighted by Crippen LogP contribution is -2.28. The molecule has 0 aliphatic carbocycles. The van der Waals surface area contributed by atoms with Gasteiger partial charge in [0.05, 0.1) is 29.3 Å². The lowest BCUT2D eigenvalue weighted by atomic mass is 10.1. The Morgan fingerprint density at radius 1 is 1.16 bits per heavy atom. The van der Waals surface area contributed by atoms with E-state index in [1.165, 1.54) is 22.7 Å². The van der Waals surface area contributed by atoms with Crippen molar-refractivity contribution in [2.75, 3.05) is 23.6 Å². The molecular weight excluding hydrogens is 481 g/mol. The van der Waals surface area contributed by atoms with Crippen LogP contribution in [0.2, 0.25) is 5.02 Å². The second-order valence-electron chi connectivity index (χ2n) is 6.57. The van der Waals surface area contributed by atoms with Gasteiger partial charge in [-0.25, -0.2) is 0 Å². The van der Waals surface area contributed by atoms with Gasteiger partial charge in [0.15, 0.2) is 0 Å². The maximum atomic E-state index is 13.2. The molecule has 168 valence electrons. The van der Waals surface area contributed by atoms with Crippen molar-refractivity contribution in [3.63, 3.8) is 0 Å². The molecule has 0 atom stereocenters. The summed E-state index contributed by atoms with van der Waals surface area (Å²) in [6, 6.07) is 16.7. The number of carbonyl (C=O) groups excluding carboxylic acids is 1. The zero-order valence-corrected chi connectivity index (χ0v) is 19.2. The number of halogens is 4. The predicted octanol–water partition coefficient (Wildman–Crippen LogP) is 6.63. The zero-order valence-electron chi connectivity index (χ0n) is 16.7. The van der Waals surface area contributed by atoms with Crippen molar-refractivity contribution in [1.29, 1.82) is 0 Å². The van der Waals surface area contributed by atoms with E-state index in [1.807, 2.05) is 36.4 Å². The molecule has 1 aliphatic rings. The summed E-state index contributed by atoms with van der Waals surface area (Å²) in [4.78, 5) is 15.9. The predicted molar refractivity (Wildman–Crippen MR) is 125 cm³/mol. The number of alkyl halides is 3. The van der Waals surface area contributed by atoms with Gasteiger partial charge in [-0.15, -0.1) is 24.4 Å². The third-order valence-electron chi connectivity index (χ3n) is 4.49. The highest BCUT2D eigenvalue weighted by atomic mass is 35.5. The van der Waals surface area contributed by atoms with Crippen molar-refractivity contribution in [1.82, 2.24) is 0 Å². The molecule has 32 heavy (non-hydrogen) atoms. The smallest absolute Gasteiger partial charge is 0.420 e. The molecule has 1 amide bonds. The molecule has 2 N–H and O–H groups in total. The monoisotopic (exact) mass is 498 g/mol. The fraction of sp³-hybridized carbons (Fsp3) is 0.136. The van der Waals surface area contributed by atoms with Gasteiger partial charge >= 0.3 is 6.18 Å². The van der Waals surface area contributed by atoms with Gasteiger partial charge in [-0.3, -0.25) is 9.69 Å². The normalized spacial score (nSPS) is 12.6. The number of thiol groups is 1. The first-order valence-electron chi connectivity index (χ1n) is 9.15. The van der Waals surface area contributed by atoms with Crippen LogP contribution < -0.4 is 15.4 Å². The van der Waals surface area contributed by atoms with Gasteiger partial charge in [0.2, 0.25) is 0 Å². The minimum atomic E-state index is -4.68. The van der Waals surface area contributed by atoms with Crippen LogP contribution in [0.5, 0.6) is 5.75 Å². The number of hydrogen-bond donors (Lipinski definition) is 2. The third-order valence-corrected chi connectivity index (χ3v) is 6.22. The molecule has 0 spiro atoms. The molecule has 3 aromatic carbocycles. The lowest BCUT2D eigenvalue weighted by molar-refractivity contribution is -0.138. The zero-order chi connectivity index (χ0) is 23.5. The SMILES string of the molecule is COc1c(Cl)cc(C(=O)N2CSc3ccccc32)cc1C(F)(F)F.Nc1ccccc1S. The Labute approximate surface area is 197 Å². The van der Waals surface area contributed by atoms with Crippen LogP contribution in [0.1, 0.15) is 15.9 Å². The molecule has 0 bridgehead atoms. The number of amides is 1. The van der Waals surface area contributed by atoms with Crippen LogP contribution in [0, 0.1) is 0 Å². The molecule has 0 saturated carbocycles. The summed E-state index contributed by atoms with van der Waals surface area (Å²) < 4.78 is 44.4. The molecule has 4 rings (SSSR count). The van der Waals surface area contributed by atoms with Crippen molar-refractivity contribution in [3.8, 4) is 5.75 Å². The fourth-order valence-electron chi connectivity index (χ4n) is 2.95. The Balaban J connectivity index is 0.000000305. The van der Waals surface area contributed by atoms with Crippen molar-refractivity contribution >= 4 is 53.3 Å². The van der Waals surface area contributed by atoms with Crippen molar-refractivity contribution < 1.29 is 22.7 Å². The van der Waals surface area contributed by atoms with Crippen LogP contribution in [-0.2, 0) is 6.18 Å². The quantitative estimate of drug-likeness (QED) is 0.307. The first kappa shape index (κ1) is 24.2. The summed E-state index contributed by atoms with van der Waals surface area (Å²) in [7, 11) is 1.10. The number of benzene rings is 3. The van der Waals surface area contributed by atoms with Crippen LogP contribution in [0.3, 0.4) is 0 Å². The molecule has 0 fully saturated rings. The Morgan fingerprint density at radius 3 is 2.41 bits per heavy atom. The number of rotatable bonds is 2. The second kappa shape index (κ2) is 9.97. The Bertz CT molecular complexity index is 1120. The average molecular weight is 499 g/mol. The number of para-hydroxylation sites is 2. The lowest BCUT2D eigenvalue weighted by Gasteiger charge is -2.19. The number of anilines is 2. The highest BCUT2D eigenvalue weighted by Crippen LogP contribution is 2.43. The summed E-state index contributed by atoms with van der Waals surface area (Å²) in [6.07, 6.45) is -4.68. The summed E-state index contributed by atoms with van der Waals surface area (Å²) >= 11 is 11.4. The van der Waals surface area contributed by atoms with Crippen molar-refractivity contribution in [3.05, 3.63) is 76.8 Å². The van der Waals surface area contributed by atoms with Gasteiger partial charge < -0.3 is 10.5 Å². The number of thioether (sulfide) groups is 1. The van der Waals surface area contributed by atoms with E-state index in [0.29, 0.717) is 11.6 Å². The van der Waals surface area contributed by atoms with Crippen LogP contribution in [0.25, 0.3) is 0 Å². The number of hydrogen-bond acceptors (Lipinski definition) is 5. The number of ether oxygens (including phenoxy) is 1. The summed E-state index contributed by atoms with van der Waals surface area (Å²) in [5, 5.41) is -0.254. The molecule has 0 saturated heterocycles. The van der Waals surface area contributed by atoms with Gasteiger partial charge in [-0.1, -0.05) is 35.9 Å². The van der Waals surface area contributed by atoms with Gasteiger partial charge in [0, 0.05) is 21.0 Å². The van der Waals surface area contributed by atoms with Crippen LogP contribution in [0.4, 0.5) is 24.5 Å². The van der Waals surface area contributed by atoms with Crippen LogP contribution >= 0.6 is 36.0 Å². The van der Waals surface area contributed by atoms with Gasteiger partial charge in [-0.2, -0.15) is 13.2 Å². The van der Waals surface area contributed by atoms with E-state index < -0.39 is 23.4 Å². The molecule has 0 aromatic heterocycles. The Kier molecular flexibility index (Phi) is 7.53. The van der Waals surface area contributed by atoms with E-state index in [2.05, 4.69) is 12.6 Å². The van der Waals surface area contributed by atoms with Crippen LogP contribution in [0.15, 0.2) is 70.5 Å². The van der Waals surface area contributed by atoms with E-state index in [0.717, 1.165) is 28.7 Å².